The maximum Gasteiger partial charge on any atom is 0.233 e. The van der Waals surface area contributed by atoms with Crippen molar-refractivity contribution in [3.63, 3.8) is 0 Å². The Hall–Kier alpha value is -2.76. The second kappa shape index (κ2) is 8.72. The van der Waals surface area contributed by atoms with Crippen LogP contribution >= 0.6 is 22.9 Å². The third-order valence-electron chi connectivity index (χ3n) is 4.70. The number of thiazole rings is 1. The zero-order valence-corrected chi connectivity index (χ0v) is 17.6. The lowest BCUT2D eigenvalue weighted by molar-refractivity contribution is -0.118. The Kier molecular flexibility index (Phi) is 5.88. The molecule has 29 heavy (non-hydrogen) atoms. The molecule has 2 heterocycles. The number of anilines is 1. The molecule has 4 aromatic rings. The fraction of sp³-hybridized carbons (Fsp3) is 0.174. The van der Waals surface area contributed by atoms with E-state index in [9.17, 15) is 4.79 Å². The summed E-state index contributed by atoms with van der Waals surface area (Å²) >= 11 is 7.59. The summed E-state index contributed by atoms with van der Waals surface area (Å²) in [7, 11) is 0. The number of hydrogen-bond acceptors (Lipinski definition) is 4. The molecule has 4 rings (SSSR count). The molecule has 0 saturated heterocycles. The maximum atomic E-state index is 13.3. The molecule has 4 nitrogen and oxygen atoms in total. The molecule has 0 aliphatic heterocycles. The molecule has 6 heteroatoms. The molecule has 0 unspecified atom stereocenters. The first-order valence-corrected chi connectivity index (χ1v) is 10.7. The van der Waals surface area contributed by atoms with E-state index in [-0.39, 0.29) is 5.91 Å². The van der Waals surface area contributed by atoms with Crippen LogP contribution in [0.4, 0.5) is 5.13 Å². The van der Waals surface area contributed by atoms with Crippen molar-refractivity contribution in [3.8, 4) is 0 Å². The van der Waals surface area contributed by atoms with Crippen molar-refractivity contribution in [1.29, 1.82) is 0 Å². The molecular weight excluding hydrogens is 402 g/mol. The highest BCUT2D eigenvalue weighted by Gasteiger charge is 2.21. The molecule has 0 aliphatic carbocycles. The van der Waals surface area contributed by atoms with Gasteiger partial charge in [-0.3, -0.25) is 14.7 Å². The predicted octanol–water partition coefficient (Wildman–Crippen LogP) is 5.68. The second-order valence-corrected chi connectivity index (χ2v) is 8.20. The van der Waals surface area contributed by atoms with Gasteiger partial charge < -0.3 is 0 Å². The summed E-state index contributed by atoms with van der Waals surface area (Å²) in [6, 6.07) is 19.5. The Morgan fingerprint density at radius 1 is 1.07 bits per heavy atom. The Labute approximate surface area is 178 Å². The lowest BCUT2D eigenvalue weighted by Crippen LogP contribution is -2.32. The van der Waals surface area contributed by atoms with E-state index < -0.39 is 0 Å². The molecule has 0 radical (unpaired) electrons. The van der Waals surface area contributed by atoms with Crippen molar-refractivity contribution in [1.82, 2.24) is 9.97 Å². The van der Waals surface area contributed by atoms with Gasteiger partial charge in [0.1, 0.15) is 0 Å². The van der Waals surface area contributed by atoms with E-state index in [2.05, 4.69) is 29.0 Å². The largest absolute Gasteiger partial charge is 0.282 e. The Morgan fingerprint density at radius 2 is 1.86 bits per heavy atom. The van der Waals surface area contributed by atoms with Crippen molar-refractivity contribution in [2.24, 2.45) is 0 Å². The third-order valence-corrected chi connectivity index (χ3v) is 5.98. The number of halogens is 1. The lowest BCUT2D eigenvalue weighted by atomic mass is 10.1. The minimum atomic E-state index is -0.00921. The molecule has 0 aliphatic rings. The minimum absolute atomic E-state index is 0.00921. The van der Waals surface area contributed by atoms with E-state index in [1.165, 1.54) is 16.9 Å². The second-order valence-electron chi connectivity index (χ2n) is 6.76. The summed E-state index contributed by atoms with van der Waals surface area (Å²) in [5.41, 5.74) is 3.90. The van der Waals surface area contributed by atoms with Crippen molar-refractivity contribution in [3.05, 3.63) is 88.7 Å². The summed E-state index contributed by atoms with van der Waals surface area (Å²) in [5.74, 6) is -0.00921. The SMILES string of the molecule is CCc1ccc(CC(=O)N(Cc2ccccn2)c2nc3ccc(Cl)cc3s2)cc1. The first-order valence-electron chi connectivity index (χ1n) is 9.46. The summed E-state index contributed by atoms with van der Waals surface area (Å²) in [5, 5.41) is 1.31. The minimum Gasteiger partial charge on any atom is -0.282 e. The van der Waals surface area contributed by atoms with Gasteiger partial charge in [-0.05, 0) is 47.9 Å². The zero-order chi connectivity index (χ0) is 20.2. The molecule has 0 saturated carbocycles. The molecule has 146 valence electrons. The molecule has 0 fully saturated rings. The first kappa shape index (κ1) is 19.6. The van der Waals surface area contributed by atoms with Crippen LogP contribution < -0.4 is 4.90 Å². The van der Waals surface area contributed by atoms with Crippen LogP contribution in [0, 0.1) is 0 Å². The zero-order valence-electron chi connectivity index (χ0n) is 16.0. The van der Waals surface area contributed by atoms with Crippen molar-refractivity contribution in [2.45, 2.75) is 26.3 Å². The number of carbonyl (C=O) groups excluding carboxylic acids is 1. The number of fused-ring (bicyclic) bond motifs is 1. The number of hydrogen-bond donors (Lipinski definition) is 0. The van der Waals surface area contributed by atoms with Crippen LogP contribution in [-0.4, -0.2) is 15.9 Å². The van der Waals surface area contributed by atoms with Crippen LogP contribution in [0.15, 0.2) is 66.9 Å². The normalized spacial score (nSPS) is 11.0. The molecular formula is C23H20ClN3OS. The van der Waals surface area contributed by atoms with E-state index >= 15 is 0 Å². The van der Waals surface area contributed by atoms with Gasteiger partial charge in [0.15, 0.2) is 5.13 Å². The molecule has 0 bridgehead atoms. The standard InChI is InChI=1S/C23H20ClN3OS/c1-2-16-6-8-17(9-7-16)13-22(28)27(15-19-5-3-4-12-25-19)23-26-20-11-10-18(24)14-21(20)29-23/h3-12,14H,2,13,15H2,1H3. The summed E-state index contributed by atoms with van der Waals surface area (Å²) in [4.78, 5) is 24.0. The van der Waals surface area contributed by atoms with E-state index in [1.807, 2.05) is 48.5 Å². The van der Waals surface area contributed by atoms with Gasteiger partial charge in [-0.1, -0.05) is 60.2 Å². The van der Waals surface area contributed by atoms with Crippen molar-refractivity contribution in [2.75, 3.05) is 4.90 Å². The monoisotopic (exact) mass is 421 g/mol. The number of aromatic nitrogens is 2. The van der Waals surface area contributed by atoms with Crippen LogP contribution in [0.3, 0.4) is 0 Å². The number of nitrogens with zero attached hydrogens (tertiary/aromatic N) is 3. The number of carbonyl (C=O) groups is 1. The maximum absolute atomic E-state index is 13.3. The smallest absolute Gasteiger partial charge is 0.233 e. The van der Waals surface area contributed by atoms with E-state index in [1.54, 1.807) is 11.1 Å². The van der Waals surface area contributed by atoms with Gasteiger partial charge in [-0.25, -0.2) is 4.98 Å². The molecule has 2 aromatic carbocycles. The highest BCUT2D eigenvalue weighted by atomic mass is 35.5. The van der Waals surface area contributed by atoms with E-state index in [4.69, 9.17) is 11.6 Å². The van der Waals surface area contributed by atoms with Gasteiger partial charge >= 0.3 is 0 Å². The molecule has 0 atom stereocenters. The molecule has 1 amide bonds. The van der Waals surface area contributed by atoms with Crippen LogP contribution in [-0.2, 0) is 24.2 Å². The fourth-order valence-corrected chi connectivity index (χ4v) is 4.34. The van der Waals surface area contributed by atoms with Gasteiger partial charge in [-0.15, -0.1) is 0 Å². The van der Waals surface area contributed by atoms with Gasteiger partial charge in [0, 0.05) is 11.2 Å². The third kappa shape index (κ3) is 4.63. The highest BCUT2D eigenvalue weighted by Crippen LogP contribution is 2.32. The summed E-state index contributed by atoms with van der Waals surface area (Å²) < 4.78 is 0.957. The average Bonchev–Trinajstić information content (AvgIpc) is 3.16. The Morgan fingerprint density at radius 3 is 2.59 bits per heavy atom. The number of benzene rings is 2. The number of aryl methyl sites for hydroxylation is 1. The van der Waals surface area contributed by atoms with Crippen LogP contribution in [0.2, 0.25) is 5.02 Å². The lowest BCUT2D eigenvalue weighted by Gasteiger charge is -2.19. The first-order chi connectivity index (χ1) is 14.1. The quantitative estimate of drug-likeness (QED) is 0.402. The number of pyridine rings is 1. The van der Waals surface area contributed by atoms with Gasteiger partial charge in [-0.2, -0.15) is 0 Å². The highest BCUT2D eigenvalue weighted by molar-refractivity contribution is 7.22. The Bertz CT molecular complexity index is 1130. The number of rotatable bonds is 6. The summed E-state index contributed by atoms with van der Waals surface area (Å²) in [6.07, 6.45) is 3.03. The molecule has 0 N–H and O–H groups in total. The number of amides is 1. The van der Waals surface area contributed by atoms with E-state index in [0.29, 0.717) is 23.1 Å². The van der Waals surface area contributed by atoms with Crippen LogP contribution in [0.1, 0.15) is 23.7 Å². The van der Waals surface area contributed by atoms with E-state index in [0.717, 1.165) is 27.9 Å². The average molecular weight is 422 g/mol. The molecule has 2 aromatic heterocycles. The fourth-order valence-electron chi connectivity index (χ4n) is 3.08. The Balaban J connectivity index is 1.65. The van der Waals surface area contributed by atoms with Crippen LogP contribution in [0.5, 0.6) is 0 Å². The van der Waals surface area contributed by atoms with Crippen molar-refractivity contribution < 1.29 is 4.79 Å². The van der Waals surface area contributed by atoms with Crippen molar-refractivity contribution >= 4 is 44.2 Å². The van der Waals surface area contributed by atoms with Gasteiger partial charge in [0.05, 0.1) is 28.9 Å². The predicted molar refractivity (Wildman–Crippen MR) is 120 cm³/mol. The topological polar surface area (TPSA) is 46.1 Å². The van der Waals surface area contributed by atoms with Gasteiger partial charge in [0.25, 0.3) is 0 Å². The van der Waals surface area contributed by atoms with Gasteiger partial charge in [0.2, 0.25) is 5.91 Å². The van der Waals surface area contributed by atoms with Crippen LogP contribution in [0.25, 0.3) is 10.2 Å². The molecule has 0 spiro atoms. The summed E-state index contributed by atoms with van der Waals surface area (Å²) in [6.45, 7) is 2.49.